The van der Waals surface area contributed by atoms with E-state index < -0.39 is 24.4 Å². The zero-order chi connectivity index (χ0) is 14.8. The van der Waals surface area contributed by atoms with Crippen molar-refractivity contribution in [1.29, 1.82) is 0 Å². The number of hydrogen-bond acceptors (Lipinski definition) is 5. The highest BCUT2D eigenvalue weighted by Crippen LogP contribution is 2.17. The Morgan fingerprint density at radius 3 is 2.70 bits per heavy atom. The van der Waals surface area contributed by atoms with Crippen LogP contribution in [0.1, 0.15) is 39.0 Å². The Hall–Kier alpha value is -0.460. The summed E-state index contributed by atoms with van der Waals surface area (Å²) in [6.45, 7) is 2.78. The molecule has 0 bridgehead atoms. The van der Waals surface area contributed by atoms with Crippen LogP contribution >= 0.6 is 0 Å². The molecule has 4 atom stereocenters. The monoisotopic (exact) mass is 288 g/mol. The second-order valence-electron chi connectivity index (χ2n) is 5.28. The topological polar surface area (TPSA) is 79.2 Å². The number of aliphatic hydroxyl groups excluding tert-OH is 3. The second-order valence-corrected chi connectivity index (χ2v) is 5.28. The predicted molar refractivity (Wildman–Crippen MR) is 76.5 cm³/mol. The van der Waals surface area contributed by atoms with Gasteiger partial charge in [0.2, 0.25) is 0 Å². The minimum atomic E-state index is -1.04. The normalized spacial score (nSPS) is 28.3. The van der Waals surface area contributed by atoms with Crippen molar-refractivity contribution >= 4 is 0 Å². The molecule has 0 amide bonds. The molecular formula is C15H28O5. The van der Waals surface area contributed by atoms with Gasteiger partial charge in [0.05, 0.1) is 19.8 Å². The Kier molecular flexibility index (Phi) is 9.05. The van der Waals surface area contributed by atoms with Gasteiger partial charge in [0, 0.05) is 0 Å². The van der Waals surface area contributed by atoms with Crippen LogP contribution in [0.3, 0.4) is 0 Å². The molecule has 0 unspecified atom stereocenters. The molecule has 3 N–H and O–H groups in total. The first-order valence-electron chi connectivity index (χ1n) is 7.55. The second kappa shape index (κ2) is 10.3. The first kappa shape index (κ1) is 17.6. The molecule has 0 radical (unpaired) electrons. The van der Waals surface area contributed by atoms with Gasteiger partial charge in [0.1, 0.15) is 24.4 Å². The van der Waals surface area contributed by atoms with Gasteiger partial charge in [-0.3, -0.25) is 0 Å². The Labute approximate surface area is 121 Å². The lowest BCUT2D eigenvalue weighted by Crippen LogP contribution is -2.40. The average Bonchev–Trinajstić information content (AvgIpc) is 2.77. The van der Waals surface area contributed by atoms with Gasteiger partial charge in [-0.2, -0.15) is 0 Å². The number of aliphatic hydroxyl groups is 3. The molecule has 0 spiro atoms. The Morgan fingerprint density at radius 2 is 2.05 bits per heavy atom. The maximum atomic E-state index is 9.79. The van der Waals surface area contributed by atoms with Gasteiger partial charge >= 0.3 is 0 Å². The van der Waals surface area contributed by atoms with Crippen LogP contribution in [0.5, 0.6) is 0 Å². The van der Waals surface area contributed by atoms with Gasteiger partial charge in [-0.25, -0.2) is 0 Å². The Morgan fingerprint density at radius 1 is 1.25 bits per heavy atom. The molecule has 1 fully saturated rings. The minimum absolute atomic E-state index is 0.0561. The fourth-order valence-corrected chi connectivity index (χ4v) is 2.19. The molecule has 1 heterocycles. The van der Waals surface area contributed by atoms with Crippen molar-refractivity contribution in [3.05, 3.63) is 12.2 Å². The third-order valence-corrected chi connectivity index (χ3v) is 3.46. The standard InChI is InChI=1S/C15H28O5/c1-2-3-4-5-6-7-8-9-19-10-13(17)15-14(18)12(16)11-20-15/h7-8,12-18H,2-6,9-11H2,1H3/b8-7+/t12-,13+,14+,15+/m1/s1. The lowest BCUT2D eigenvalue weighted by atomic mass is 10.1. The van der Waals surface area contributed by atoms with Crippen molar-refractivity contribution in [2.45, 2.75) is 63.4 Å². The lowest BCUT2D eigenvalue weighted by Gasteiger charge is -2.20. The van der Waals surface area contributed by atoms with Gasteiger partial charge in [0.25, 0.3) is 0 Å². The Bertz CT molecular complexity index is 269. The van der Waals surface area contributed by atoms with E-state index in [1.165, 1.54) is 25.7 Å². The van der Waals surface area contributed by atoms with Crippen molar-refractivity contribution in [1.82, 2.24) is 0 Å². The highest BCUT2D eigenvalue weighted by atomic mass is 16.5. The Balaban J connectivity index is 2.02. The summed E-state index contributed by atoms with van der Waals surface area (Å²) in [4.78, 5) is 0. The number of hydrogen-bond donors (Lipinski definition) is 3. The third-order valence-electron chi connectivity index (χ3n) is 3.46. The van der Waals surface area contributed by atoms with E-state index in [9.17, 15) is 15.3 Å². The molecule has 118 valence electrons. The molecule has 0 aromatic carbocycles. The smallest absolute Gasteiger partial charge is 0.114 e. The molecule has 0 aromatic heterocycles. The van der Waals surface area contributed by atoms with Crippen molar-refractivity contribution in [2.75, 3.05) is 19.8 Å². The van der Waals surface area contributed by atoms with Gasteiger partial charge in [0.15, 0.2) is 0 Å². The molecule has 1 rings (SSSR count). The van der Waals surface area contributed by atoms with E-state index in [1.807, 2.05) is 6.08 Å². The minimum Gasteiger partial charge on any atom is -0.388 e. The molecular weight excluding hydrogens is 260 g/mol. The molecule has 1 saturated heterocycles. The van der Waals surface area contributed by atoms with Crippen LogP contribution < -0.4 is 0 Å². The van der Waals surface area contributed by atoms with Crippen LogP contribution in [0.2, 0.25) is 0 Å². The number of rotatable bonds is 10. The zero-order valence-electron chi connectivity index (χ0n) is 12.3. The van der Waals surface area contributed by atoms with Gasteiger partial charge in [-0.15, -0.1) is 0 Å². The molecule has 0 saturated carbocycles. The summed E-state index contributed by atoms with van der Waals surface area (Å²) in [5, 5.41) is 28.7. The summed E-state index contributed by atoms with van der Waals surface area (Å²) in [5.41, 5.74) is 0. The summed E-state index contributed by atoms with van der Waals surface area (Å²) in [7, 11) is 0. The van der Waals surface area contributed by atoms with E-state index in [-0.39, 0.29) is 13.2 Å². The number of ether oxygens (including phenoxy) is 2. The van der Waals surface area contributed by atoms with E-state index in [2.05, 4.69) is 13.0 Å². The lowest BCUT2D eigenvalue weighted by molar-refractivity contribution is -0.0782. The fourth-order valence-electron chi connectivity index (χ4n) is 2.19. The average molecular weight is 288 g/mol. The van der Waals surface area contributed by atoms with Crippen molar-refractivity contribution in [3.63, 3.8) is 0 Å². The van der Waals surface area contributed by atoms with Gasteiger partial charge < -0.3 is 24.8 Å². The van der Waals surface area contributed by atoms with E-state index in [1.54, 1.807) is 0 Å². The van der Waals surface area contributed by atoms with Crippen LogP contribution in [0.15, 0.2) is 12.2 Å². The summed E-state index contributed by atoms with van der Waals surface area (Å²) in [6.07, 6.45) is 6.45. The van der Waals surface area contributed by atoms with E-state index >= 15 is 0 Å². The van der Waals surface area contributed by atoms with Crippen molar-refractivity contribution in [2.24, 2.45) is 0 Å². The molecule has 5 nitrogen and oxygen atoms in total. The first-order chi connectivity index (χ1) is 9.66. The SMILES string of the molecule is CCCCCC/C=C/COC[C@H](O)[C@@H]1OC[C@@H](O)[C@@H]1O. The summed E-state index contributed by atoms with van der Waals surface area (Å²) in [6, 6.07) is 0. The number of allylic oxidation sites excluding steroid dienone is 1. The van der Waals surface area contributed by atoms with Crippen LogP contribution in [0, 0.1) is 0 Å². The summed E-state index contributed by atoms with van der Waals surface area (Å²) >= 11 is 0. The predicted octanol–water partition coefficient (Wildman–Crippen LogP) is 1.01. The summed E-state index contributed by atoms with van der Waals surface area (Å²) in [5.74, 6) is 0. The van der Waals surface area contributed by atoms with Crippen molar-refractivity contribution in [3.8, 4) is 0 Å². The molecule has 1 aliphatic heterocycles. The first-order valence-corrected chi connectivity index (χ1v) is 7.55. The van der Waals surface area contributed by atoms with E-state index in [4.69, 9.17) is 9.47 Å². The molecule has 1 aliphatic rings. The quantitative estimate of drug-likeness (QED) is 0.413. The zero-order valence-corrected chi connectivity index (χ0v) is 12.3. The van der Waals surface area contributed by atoms with E-state index in [0.29, 0.717) is 6.61 Å². The molecule has 0 aliphatic carbocycles. The molecule has 20 heavy (non-hydrogen) atoms. The van der Waals surface area contributed by atoms with Crippen molar-refractivity contribution < 1.29 is 24.8 Å². The van der Waals surface area contributed by atoms with Crippen LogP contribution in [-0.2, 0) is 9.47 Å². The maximum absolute atomic E-state index is 9.79. The summed E-state index contributed by atoms with van der Waals surface area (Å²) < 4.78 is 10.4. The van der Waals surface area contributed by atoms with Crippen LogP contribution in [0.4, 0.5) is 0 Å². The maximum Gasteiger partial charge on any atom is 0.114 e. The highest BCUT2D eigenvalue weighted by Gasteiger charge is 2.39. The van der Waals surface area contributed by atoms with Crippen LogP contribution in [0.25, 0.3) is 0 Å². The van der Waals surface area contributed by atoms with Gasteiger partial charge in [-0.1, -0.05) is 38.3 Å². The van der Waals surface area contributed by atoms with Crippen LogP contribution in [-0.4, -0.2) is 59.6 Å². The third kappa shape index (κ3) is 6.33. The highest BCUT2D eigenvalue weighted by molar-refractivity contribution is 4.88. The largest absolute Gasteiger partial charge is 0.388 e. The fraction of sp³-hybridized carbons (Fsp3) is 0.867. The van der Waals surface area contributed by atoms with Gasteiger partial charge in [-0.05, 0) is 12.8 Å². The number of unbranched alkanes of at least 4 members (excludes halogenated alkanes) is 4. The molecule has 5 heteroatoms. The van der Waals surface area contributed by atoms with E-state index in [0.717, 1.165) is 6.42 Å². The molecule has 0 aromatic rings.